The van der Waals surface area contributed by atoms with Crippen molar-refractivity contribution in [3.63, 3.8) is 0 Å². The Balaban J connectivity index is 1.32. The van der Waals surface area contributed by atoms with E-state index in [-0.39, 0.29) is 0 Å². The Bertz CT molecular complexity index is 2630. The van der Waals surface area contributed by atoms with Gasteiger partial charge in [-0.1, -0.05) is 103 Å². The van der Waals surface area contributed by atoms with Gasteiger partial charge in [0.05, 0.1) is 22.6 Å². The number of hydrogen-bond acceptors (Lipinski definition) is 4. The quantitative estimate of drug-likeness (QED) is 0.211. The smallest absolute Gasteiger partial charge is 0.235 e. The van der Waals surface area contributed by atoms with Gasteiger partial charge in [0, 0.05) is 32.7 Å². The monoisotopic (exact) mass is 561 g/mol. The van der Waals surface area contributed by atoms with Crippen LogP contribution in [-0.2, 0) is 0 Å². The lowest BCUT2D eigenvalue weighted by Gasteiger charge is -2.32. The van der Waals surface area contributed by atoms with Crippen molar-refractivity contribution >= 4 is 71.7 Å². The number of fused-ring (bicyclic) bond motifs is 7. The Labute approximate surface area is 252 Å². The first-order valence-electron chi connectivity index (χ1n) is 14.8. The van der Waals surface area contributed by atoms with Gasteiger partial charge < -0.3 is 4.42 Å². The van der Waals surface area contributed by atoms with Crippen molar-refractivity contribution in [1.29, 1.82) is 0 Å². The van der Waals surface area contributed by atoms with Crippen LogP contribution in [0.5, 0.6) is 0 Å². The highest BCUT2D eigenvalue weighted by atomic mass is 16.3. The molecule has 0 N–H and O–H groups in total. The van der Waals surface area contributed by atoms with E-state index in [1.807, 2.05) is 24.3 Å². The van der Waals surface area contributed by atoms with Crippen molar-refractivity contribution in [3.8, 4) is 22.4 Å². The zero-order valence-corrected chi connectivity index (χ0v) is 23.5. The number of para-hydroxylation sites is 3. The zero-order valence-electron chi connectivity index (χ0n) is 23.5. The minimum atomic E-state index is 0.630. The number of anilines is 3. The molecule has 4 heteroatoms. The third kappa shape index (κ3) is 3.22. The van der Waals surface area contributed by atoms with E-state index in [0.717, 1.165) is 55.5 Å². The Morgan fingerprint density at radius 2 is 1.16 bits per heavy atom. The Hall–Kier alpha value is -6.00. The molecule has 0 aliphatic carbocycles. The van der Waals surface area contributed by atoms with Crippen molar-refractivity contribution < 1.29 is 4.42 Å². The summed E-state index contributed by atoms with van der Waals surface area (Å²) in [5.74, 6) is 0.630. The first-order chi connectivity index (χ1) is 21.8. The molecule has 7 aromatic carbocycles. The van der Waals surface area contributed by atoms with Gasteiger partial charge in [-0.2, -0.15) is 0 Å². The van der Waals surface area contributed by atoms with Gasteiger partial charge in [0.25, 0.3) is 0 Å². The number of rotatable bonds is 2. The molecular weight excluding hydrogens is 538 g/mol. The van der Waals surface area contributed by atoms with Crippen LogP contribution >= 0.6 is 0 Å². The zero-order chi connectivity index (χ0) is 28.8. The average Bonchev–Trinajstić information content (AvgIpc) is 3.46. The maximum atomic E-state index is 6.50. The second-order valence-corrected chi connectivity index (χ2v) is 11.4. The fourth-order valence-electron chi connectivity index (χ4n) is 7.01. The van der Waals surface area contributed by atoms with E-state index in [4.69, 9.17) is 14.4 Å². The summed E-state index contributed by atoms with van der Waals surface area (Å²) in [5.41, 5.74) is 8.93. The van der Waals surface area contributed by atoms with E-state index >= 15 is 0 Å². The second kappa shape index (κ2) is 8.76. The molecule has 0 bridgehead atoms. The molecule has 0 spiro atoms. The standard InChI is InChI=1S/C40H23N3O/c1-2-11-26-23-35-32(22-25(26)10-1)28-16-7-12-24-13-8-20-34(37(24)28)43(35)40-41-33-19-5-3-15-30(33)38(42-40)31-18-9-17-29-27-14-4-6-21-36(27)44-39(29)31/h1-23H. The summed E-state index contributed by atoms with van der Waals surface area (Å²) in [6.45, 7) is 0. The first-order valence-corrected chi connectivity index (χ1v) is 14.8. The molecule has 0 fully saturated rings. The SMILES string of the molecule is c1ccc2cc3c(cc2c1)-c1cccc2cccc(c12)N3c1nc(-c2cccc3c2oc2ccccc23)c2ccccc2n1. The number of benzene rings is 7. The van der Waals surface area contributed by atoms with Crippen LogP contribution in [0.25, 0.3) is 76.8 Å². The minimum Gasteiger partial charge on any atom is -0.455 e. The molecule has 0 radical (unpaired) electrons. The largest absolute Gasteiger partial charge is 0.455 e. The molecule has 9 aromatic rings. The van der Waals surface area contributed by atoms with Gasteiger partial charge in [0.2, 0.25) is 5.95 Å². The highest BCUT2D eigenvalue weighted by Crippen LogP contribution is 2.51. The van der Waals surface area contributed by atoms with Crippen LogP contribution in [0.2, 0.25) is 0 Å². The molecule has 0 atom stereocenters. The summed E-state index contributed by atoms with van der Waals surface area (Å²) >= 11 is 0. The third-order valence-electron chi connectivity index (χ3n) is 8.97. The lowest BCUT2D eigenvalue weighted by Crippen LogP contribution is -2.18. The van der Waals surface area contributed by atoms with Crippen LogP contribution in [-0.4, -0.2) is 9.97 Å². The fourth-order valence-corrected chi connectivity index (χ4v) is 7.01. The molecular formula is C40H23N3O. The van der Waals surface area contributed by atoms with Gasteiger partial charge in [0.1, 0.15) is 11.2 Å². The Morgan fingerprint density at radius 3 is 2.07 bits per heavy atom. The average molecular weight is 562 g/mol. The summed E-state index contributed by atoms with van der Waals surface area (Å²) in [6.07, 6.45) is 0. The Morgan fingerprint density at radius 1 is 0.477 bits per heavy atom. The molecule has 204 valence electrons. The van der Waals surface area contributed by atoms with Crippen molar-refractivity contribution in [2.45, 2.75) is 0 Å². The topological polar surface area (TPSA) is 42.2 Å². The molecule has 0 amide bonds. The maximum Gasteiger partial charge on any atom is 0.235 e. The summed E-state index contributed by atoms with van der Waals surface area (Å²) in [7, 11) is 0. The van der Waals surface area contributed by atoms with Crippen molar-refractivity contribution in [2.75, 3.05) is 4.90 Å². The molecule has 4 nitrogen and oxygen atoms in total. The van der Waals surface area contributed by atoms with Crippen LogP contribution in [0.4, 0.5) is 17.3 Å². The van der Waals surface area contributed by atoms with Gasteiger partial charge in [-0.3, -0.25) is 4.90 Å². The molecule has 1 aliphatic rings. The molecule has 0 unspecified atom stereocenters. The molecule has 2 aromatic heterocycles. The molecule has 10 rings (SSSR count). The molecule has 1 aliphatic heterocycles. The predicted molar refractivity (Wildman–Crippen MR) is 181 cm³/mol. The highest BCUT2D eigenvalue weighted by molar-refractivity contribution is 6.16. The molecule has 3 heterocycles. The predicted octanol–water partition coefficient (Wildman–Crippen LogP) is 11.0. The van der Waals surface area contributed by atoms with E-state index < -0.39 is 0 Å². The maximum absolute atomic E-state index is 6.50. The number of nitrogens with zero attached hydrogens (tertiary/aromatic N) is 3. The number of aromatic nitrogens is 2. The highest BCUT2D eigenvalue weighted by Gasteiger charge is 2.29. The van der Waals surface area contributed by atoms with E-state index in [9.17, 15) is 0 Å². The second-order valence-electron chi connectivity index (χ2n) is 11.4. The van der Waals surface area contributed by atoms with Crippen LogP contribution in [0, 0.1) is 0 Å². The van der Waals surface area contributed by atoms with Crippen LogP contribution in [0.1, 0.15) is 0 Å². The fraction of sp³-hybridized carbons (Fsp3) is 0. The number of hydrogen-bond donors (Lipinski definition) is 0. The Kier molecular flexibility index (Phi) is 4.69. The lowest BCUT2D eigenvalue weighted by atomic mass is 9.89. The van der Waals surface area contributed by atoms with Crippen molar-refractivity contribution in [3.05, 3.63) is 140 Å². The normalized spacial score (nSPS) is 12.5. The van der Waals surface area contributed by atoms with Gasteiger partial charge in [-0.15, -0.1) is 0 Å². The van der Waals surface area contributed by atoms with Crippen molar-refractivity contribution in [2.24, 2.45) is 0 Å². The van der Waals surface area contributed by atoms with Gasteiger partial charge in [0.15, 0.2) is 0 Å². The van der Waals surface area contributed by atoms with Crippen LogP contribution in [0.3, 0.4) is 0 Å². The van der Waals surface area contributed by atoms with Gasteiger partial charge in [-0.05, 0) is 58.1 Å². The van der Waals surface area contributed by atoms with Crippen LogP contribution < -0.4 is 4.90 Å². The van der Waals surface area contributed by atoms with E-state index in [0.29, 0.717) is 5.95 Å². The van der Waals surface area contributed by atoms with Crippen LogP contribution in [0.15, 0.2) is 144 Å². The summed E-state index contributed by atoms with van der Waals surface area (Å²) < 4.78 is 6.50. The summed E-state index contributed by atoms with van der Waals surface area (Å²) in [6, 6.07) is 49.0. The molecule has 0 saturated heterocycles. The van der Waals surface area contributed by atoms with E-state index in [1.54, 1.807) is 0 Å². The number of furan rings is 1. The molecule has 44 heavy (non-hydrogen) atoms. The van der Waals surface area contributed by atoms with Gasteiger partial charge in [-0.25, -0.2) is 9.97 Å². The first kappa shape index (κ1) is 23.6. The molecule has 0 saturated carbocycles. The van der Waals surface area contributed by atoms with E-state index in [1.165, 1.54) is 32.7 Å². The van der Waals surface area contributed by atoms with Gasteiger partial charge >= 0.3 is 0 Å². The van der Waals surface area contributed by atoms with E-state index in [2.05, 4.69) is 120 Å². The van der Waals surface area contributed by atoms with Crippen molar-refractivity contribution in [1.82, 2.24) is 9.97 Å². The summed E-state index contributed by atoms with van der Waals surface area (Å²) in [5, 5.41) is 7.94. The lowest BCUT2D eigenvalue weighted by molar-refractivity contribution is 0.670. The summed E-state index contributed by atoms with van der Waals surface area (Å²) in [4.78, 5) is 12.9. The third-order valence-corrected chi connectivity index (χ3v) is 8.97. The minimum absolute atomic E-state index is 0.630.